The monoisotopic (exact) mass is 643 g/mol. The minimum absolute atomic E-state index is 0.197. The highest BCUT2D eigenvalue weighted by atomic mass is 28.3. The number of carbonyl (C=O) groups is 3. The molecule has 12 nitrogen and oxygen atoms in total. The predicted molar refractivity (Wildman–Crippen MR) is 179 cm³/mol. The van der Waals surface area contributed by atoms with Gasteiger partial charge in [0, 0.05) is 37.8 Å². The molecule has 1 aromatic heterocycles. The number of methoxy groups -OCH3 is 2. The summed E-state index contributed by atoms with van der Waals surface area (Å²) in [5.74, 6) is 0.0453. The summed E-state index contributed by atoms with van der Waals surface area (Å²) in [4.78, 5) is 42.3. The van der Waals surface area contributed by atoms with Crippen LogP contribution >= 0.6 is 0 Å². The van der Waals surface area contributed by atoms with Crippen molar-refractivity contribution in [2.24, 2.45) is 0 Å². The van der Waals surface area contributed by atoms with Crippen LogP contribution in [0.4, 0.5) is 21.0 Å². The van der Waals surface area contributed by atoms with Gasteiger partial charge in [0.05, 0.1) is 26.0 Å². The third-order valence-corrected chi connectivity index (χ3v) is 8.09. The fourth-order valence-electron chi connectivity index (χ4n) is 4.17. The van der Waals surface area contributed by atoms with E-state index in [9.17, 15) is 14.4 Å². The van der Waals surface area contributed by atoms with E-state index >= 15 is 0 Å². The van der Waals surface area contributed by atoms with Crippen LogP contribution in [0.15, 0.2) is 49.7 Å². The second-order valence-electron chi connectivity index (χ2n) is 12.6. The second kappa shape index (κ2) is 16.8. The Bertz CT molecular complexity index is 1330. The number of imidazole rings is 1. The van der Waals surface area contributed by atoms with Crippen LogP contribution in [0.5, 0.6) is 0 Å². The van der Waals surface area contributed by atoms with Crippen molar-refractivity contribution in [3.8, 4) is 11.3 Å². The molecule has 2 atom stereocenters. The van der Waals surface area contributed by atoms with E-state index in [-0.39, 0.29) is 13.2 Å². The van der Waals surface area contributed by atoms with Gasteiger partial charge in [0.2, 0.25) is 0 Å². The number of aromatic nitrogens is 2. The largest absolute Gasteiger partial charge is 0.467 e. The zero-order chi connectivity index (χ0) is 33.8. The van der Waals surface area contributed by atoms with Gasteiger partial charge < -0.3 is 34.1 Å². The first kappa shape index (κ1) is 37.1. The lowest BCUT2D eigenvalue weighted by Crippen LogP contribution is -2.36. The molecule has 0 aliphatic heterocycles. The molecule has 0 spiro atoms. The Morgan fingerprint density at radius 2 is 1.73 bits per heavy atom. The first-order chi connectivity index (χ1) is 21.1. The Morgan fingerprint density at radius 1 is 1.04 bits per heavy atom. The van der Waals surface area contributed by atoms with Gasteiger partial charge in [-0.2, -0.15) is 0 Å². The molecule has 0 radical (unpaired) electrons. The predicted octanol–water partition coefficient (Wildman–Crippen LogP) is 6.71. The molecule has 0 fully saturated rings. The van der Waals surface area contributed by atoms with Crippen molar-refractivity contribution in [3.05, 3.63) is 55.5 Å². The molecule has 45 heavy (non-hydrogen) atoms. The number of esters is 1. The molecule has 2 aromatic rings. The van der Waals surface area contributed by atoms with Gasteiger partial charge in [-0.3, -0.25) is 5.32 Å². The molecule has 0 bridgehead atoms. The van der Waals surface area contributed by atoms with Crippen LogP contribution in [-0.2, 0) is 30.5 Å². The van der Waals surface area contributed by atoms with Crippen LogP contribution in [-0.4, -0.2) is 68.3 Å². The quantitative estimate of drug-likeness (QED) is 0.0598. The van der Waals surface area contributed by atoms with Crippen molar-refractivity contribution >= 4 is 37.6 Å². The van der Waals surface area contributed by atoms with Gasteiger partial charge in [-0.15, -0.1) is 13.2 Å². The van der Waals surface area contributed by atoms with Crippen molar-refractivity contribution in [2.45, 2.75) is 83.7 Å². The molecule has 0 saturated carbocycles. The molecule has 0 aliphatic carbocycles. The SMILES string of the molecule is C=CCC(Nc1cc(NC(=O)OC)ccc1-c1cn(COCC[Si](C)(C)C)c([C@H](CC=C)NC(=O)OC(C)(C)C)n1)C(=O)OC. The summed E-state index contributed by atoms with van der Waals surface area (Å²) in [6.45, 7) is 20.6. The number of amides is 2. The highest BCUT2D eigenvalue weighted by molar-refractivity contribution is 6.76. The van der Waals surface area contributed by atoms with E-state index in [1.807, 2.05) is 10.8 Å². The van der Waals surface area contributed by atoms with Gasteiger partial charge in [0.25, 0.3) is 0 Å². The number of rotatable bonds is 16. The van der Waals surface area contributed by atoms with Crippen LogP contribution in [0.25, 0.3) is 11.3 Å². The summed E-state index contributed by atoms with van der Waals surface area (Å²) in [5, 5.41) is 8.78. The maximum absolute atomic E-state index is 12.8. The Labute approximate surface area is 267 Å². The van der Waals surface area contributed by atoms with Gasteiger partial charge in [-0.05, 0) is 57.9 Å². The summed E-state index contributed by atoms with van der Waals surface area (Å²) in [7, 11) is 1.25. The summed E-state index contributed by atoms with van der Waals surface area (Å²) in [6, 6.07) is 4.79. The Balaban J connectivity index is 2.64. The van der Waals surface area contributed by atoms with Gasteiger partial charge in [0.1, 0.15) is 24.2 Å². The number of nitrogens with zero attached hydrogens (tertiary/aromatic N) is 2. The average Bonchev–Trinajstić information content (AvgIpc) is 3.36. The molecule has 2 amide bonds. The van der Waals surface area contributed by atoms with E-state index < -0.39 is 43.9 Å². The number of ether oxygens (including phenoxy) is 4. The van der Waals surface area contributed by atoms with E-state index in [0.29, 0.717) is 41.5 Å². The Hall–Kier alpha value is -4.10. The highest BCUT2D eigenvalue weighted by Gasteiger charge is 2.26. The van der Waals surface area contributed by atoms with Crippen LogP contribution < -0.4 is 16.0 Å². The molecule has 3 N–H and O–H groups in total. The molecular formula is C32H49N5O7Si. The van der Waals surface area contributed by atoms with E-state index in [4.69, 9.17) is 23.9 Å². The number of anilines is 2. The first-order valence-electron chi connectivity index (χ1n) is 14.8. The van der Waals surface area contributed by atoms with Crippen molar-refractivity contribution in [2.75, 3.05) is 31.5 Å². The molecular weight excluding hydrogens is 594 g/mol. The van der Waals surface area contributed by atoms with Crippen molar-refractivity contribution in [1.82, 2.24) is 14.9 Å². The minimum Gasteiger partial charge on any atom is -0.467 e. The summed E-state index contributed by atoms with van der Waals surface area (Å²) in [6.07, 6.45) is 4.56. The molecule has 2 rings (SSSR count). The molecule has 248 valence electrons. The zero-order valence-electron chi connectivity index (χ0n) is 27.8. The standard InChI is InChI=1S/C32H49N5O7Si/c1-11-13-24(36-31(40)44-32(3,4)5)28-35-27(20-37(28)21-43-17-18-45(8,9)10)23-16-15-22(33-30(39)42-7)19-26(23)34-25(14-12-2)29(38)41-6/h11-12,15-16,19-20,24-25,34H,1-2,13-14,17-18,21H2,3-10H3,(H,33,39)(H,36,40)/t24-,25?/m0/s1. The van der Waals surface area contributed by atoms with Crippen LogP contribution in [0.2, 0.25) is 25.7 Å². The maximum atomic E-state index is 12.8. The van der Waals surface area contributed by atoms with Gasteiger partial charge in [-0.25, -0.2) is 19.4 Å². The summed E-state index contributed by atoms with van der Waals surface area (Å²) < 4.78 is 23.2. The fourth-order valence-corrected chi connectivity index (χ4v) is 4.93. The van der Waals surface area contributed by atoms with Crippen LogP contribution in [0.1, 0.15) is 45.5 Å². The molecule has 1 unspecified atom stereocenters. The van der Waals surface area contributed by atoms with Crippen molar-refractivity contribution in [1.29, 1.82) is 0 Å². The molecule has 1 aromatic carbocycles. The smallest absolute Gasteiger partial charge is 0.411 e. The van der Waals surface area contributed by atoms with Crippen LogP contribution in [0.3, 0.4) is 0 Å². The molecule has 0 aliphatic rings. The third kappa shape index (κ3) is 12.4. The zero-order valence-corrected chi connectivity index (χ0v) is 28.8. The second-order valence-corrected chi connectivity index (χ2v) is 18.3. The fraction of sp³-hybridized carbons (Fsp3) is 0.500. The summed E-state index contributed by atoms with van der Waals surface area (Å²) >= 11 is 0. The van der Waals surface area contributed by atoms with Crippen molar-refractivity contribution < 1.29 is 33.3 Å². The van der Waals surface area contributed by atoms with E-state index in [1.165, 1.54) is 14.2 Å². The summed E-state index contributed by atoms with van der Waals surface area (Å²) in [5.41, 5.74) is 1.40. The minimum atomic E-state index is -1.33. The van der Waals surface area contributed by atoms with Gasteiger partial charge in [-0.1, -0.05) is 31.8 Å². The number of hydrogen-bond acceptors (Lipinski definition) is 9. The maximum Gasteiger partial charge on any atom is 0.411 e. The van der Waals surface area contributed by atoms with E-state index in [1.54, 1.807) is 51.1 Å². The third-order valence-electron chi connectivity index (χ3n) is 6.38. The first-order valence-corrected chi connectivity index (χ1v) is 18.5. The molecule has 13 heteroatoms. The topological polar surface area (TPSA) is 142 Å². The lowest BCUT2D eigenvalue weighted by atomic mass is 10.1. The number of hydrogen-bond donors (Lipinski definition) is 3. The Morgan fingerprint density at radius 3 is 2.31 bits per heavy atom. The number of carbonyl (C=O) groups excluding carboxylic acids is 3. The molecule has 1 heterocycles. The average molecular weight is 644 g/mol. The van der Waals surface area contributed by atoms with Crippen molar-refractivity contribution in [3.63, 3.8) is 0 Å². The van der Waals surface area contributed by atoms with E-state index in [2.05, 4.69) is 48.7 Å². The molecule has 0 saturated heterocycles. The normalized spacial score (nSPS) is 12.8. The number of benzene rings is 1. The van der Waals surface area contributed by atoms with E-state index in [0.717, 1.165) is 6.04 Å². The number of alkyl carbamates (subject to hydrolysis) is 1. The highest BCUT2D eigenvalue weighted by Crippen LogP contribution is 2.33. The van der Waals surface area contributed by atoms with Gasteiger partial charge in [0.15, 0.2) is 0 Å². The number of nitrogens with one attached hydrogen (secondary N) is 3. The van der Waals surface area contributed by atoms with Crippen LogP contribution in [0, 0.1) is 0 Å². The lowest BCUT2D eigenvalue weighted by Gasteiger charge is -2.23. The Kier molecular flexibility index (Phi) is 13.9. The van der Waals surface area contributed by atoms with Gasteiger partial charge >= 0.3 is 18.2 Å². The lowest BCUT2D eigenvalue weighted by molar-refractivity contribution is -0.141.